The summed E-state index contributed by atoms with van der Waals surface area (Å²) < 4.78 is 20.6. The largest absolute Gasteiger partial charge is 0.467 e. The lowest BCUT2D eigenvalue weighted by Gasteiger charge is -2.10. The third-order valence-electron chi connectivity index (χ3n) is 4.17. The lowest BCUT2D eigenvalue weighted by molar-refractivity contribution is -0.113. The molecule has 0 fully saturated rings. The van der Waals surface area contributed by atoms with Crippen LogP contribution in [0.3, 0.4) is 0 Å². The minimum absolute atomic E-state index is 0.0787. The van der Waals surface area contributed by atoms with Crippen LogP contribution < -0.4 is 5.32 Å². The molecule has 0 aliphatic rings. The van der Waals surface area contributed by atoms with Crippen LogP contribution in [0.1, 0.15) is 5.76 Å². The Morgan fingerprint density at radius 1 is 1.13 bits per heavy atom. The van der Waals surface area contributed by atoms with Crippen LogP contribution in [0.4, 0.5) is 10.1 Å². The van der Waals surface area contributed by atoms with Gasteiger partial charge in [-0.1, -0.05) is 41.6 Å². The van der Waals surface area contributed by atoms with Gasteiger partial charge in [0.2, 0.25) is 5.91 Å². The number of furan rings is 1. The van der Waals surface area contributed by atoms with E-state index in [0.29, 0.717) is 34.0 Å². The monoisotopic (exact) mass is 442 g/mol. The van der Waals surface area contributed by atoms with Gasteiger partial charge < -0.3 is 9.73 Å². The zero-order chi connectivity index (χ0) is 20.9. The van der Waals surface area contributed by atoms with Gasteiger partial charge in [-0.2, -0.15) is 0 Å². The van der Waals surface area contributed by atoms with Gasteiger partial charge in [-0.25, -0.2) is 4.39 Å². The Morgan fingerprint density at radius 2 is 2.00 bits per heavy atom. The standard InChI is InChI=1S/C21H16ClFN4O2S/c22-18-9-2-1-8-17(18)20-25-26-21(27(20)12-16-7-4-10-29-16)30-13-19(28)24-15-6-3-5-14(23)11-15/h1-11H,12-13H2,(H,24,28). The molecule has 1 amide bonds. The Balaban J connectivity index is 1.55. The number of rotatable bonds is 7. The molecule has 9 heteroatoms. The topological polar surface area (TPSA) is 73.0 Å². The average molecular weight is 443 g/mol. The molecule has 0 aliphatic heterocycles. The normalized spacial score (nSPS) is 10.9. The third kappa shape index (κ3) is 4.72. The highest BCUT2D eigenvalue weighted by atomic mass is 35.5. The molecule has 2 aromatic carbocycles. The predicted molar refractivity (Wildman–Crippen MR) is 114 cm³/mol. The van der Waals surface area contributed by atoms with E-state index in [1.807, 2.05) is 28.8 Å². The number of halogens is 2. The van der Waals surface area contributed by atoms with Crippen molar-refractivity contribution in [2.24, 2.45) is 0 Å². The lowest BCUT2D eigenvalue weighted by Crippen LogP contribution is -2.15. The minimum atomic E-state index is -0.414. The number of nitrogens with one attached hydrogen (secondary N) is 1. The van der Waals surface area contributed by atoms with E-state index in [4.69, 9.17) is 16.0 Å². The first-order chi connectivity index (χ1) is 14.6. The summed E-state index contributed by atoms with van der Waals surface area (Å²) in [5, 5.41) is 12.3. The Labute approximate surface area is 181 Å². The molecule has 0 spiro atoms. The maximum Gasteiger partial charge on any atom is 0.234 e. The summed E-state index contributed by atoms with van der Waals surface area (Å²) in [4.78, 5) is 12.3. The molecular weight excluding hydrogens is 427 g/mol. The zero-order valence-electron chi connectivity index (χ0n) is 15.6. The van der Waals surface area contributed by atoms with E-state index in [0.717, 1.165) is 5.56 Å². The van der Waals surface area contributed by atoms with Gasteiger partial charge in [0.05, 0.1) is 23.6 Å². The fourth-order valence-corrected chi connectivity index (χ4v) is 3.79. The van der Waals surface area contributed by atoms with Crippen molar-refractivity contribution in [3.63, 3.8) is 0 Å². The molecular formula is C21H16ClFN4O2S. The maximum absolute atomic E-state index is 13.3. The van der Waals surface area contributed by atoms with Crippen LogP contribution in [0.25, 0.3) is 11.4 Å². The lowest BCUT2D eigenvalue weighted by atomic mass is 10.2. The number of anilines is 1. The summed E-state index contributed by atoms with van der Waals surface area (Å²) in [5.41, 5.74) is 1.13. The van der Waals surface area contributed by atoms with Crippen molar-refractivity contribution in [3.05, 3.63) is 83.5 Å². The molecule has 4 aromatic rings. The van der Waals surface area contributed by atoms with Gasteiger partial charge in [0.15, 0.2) is 11.0 Å². The summed E-state index contributed by atoms with van der Waals surface area (Å²) in [5.74, 6) is 0.676. The molecule has 0 atom stereocenters. The molecule has 2 aromatic heterocycles. The van der Waals surface area contributed by atoms with Crippen molar-refractivity contribution in [2.75, 3.05) is 11.1 Å². The van der Waals surface area contributed by atoms with Gasteiger partial charge in [-0.05, 0) is 42.5 Å². The number of hydrogen-bond donors (Lipinski definition) is 1. The molecule has 0 bridgehead atoms. The van der Waals surface area contributed by atoms with Gasteiger partial charge in [0.25, 0.3) is 0 Å². The molecule has 6 nitrogen and oxygen atoms in total. The summed E-state index contributed by atoms with van der Waals surface area (Å²) in [6.07, 6.45) is 1.59. The molecule has 1 N–H and O–H groups in total. The van der Waals surface area contributed by atoms with E-state index in [1.165, 1.54) is 30.0 Å². The van der Waals surface area contributed by atoms with Crippen molar-refractivity contribution in [2.45, 2.75) is 11.7 Å². The number of thioether (sulfide) groups is 1. The third-order valence-corrected chi connectivity index (χ3v) is 5.46. The van der Waals surface area contributed by atoms with Gasteiger partial charge in [-0.15, -0.1) is 10.2 Å². The average Bonchev–Trinajstić information content (AvgIpc) is 3.37. The SMILES string of the molecule is O=C(CSc1nnc(-c2ccccc2Cl)n1Cc1ccco1)Nc1cccc(F)c1. The molecule has 152 valence electrons. The fourth-order valence-electron chi connectivity index (χ4n) is 2.83. The number of carbonyl (C=O) groups is 1. The van der Waals surface area contributed by atoms with Crippen molar-refractivity contribution in [3.8, 4) is 11.4 Å². The Hall–Kier alpha value is -3.10. The smallest absolute Gasteiger partial charge is 0.234 e. The second-order valence-corrected chi connectivity index (χ2v) is 7.65. The Morgan fingerprint density at radius 3 is 2.77 bits per heavy atom. The van der Waals surface area contributed by atoms with Gasteiger partial charge >= 0.3 is 0 Å². The Kier molecular flexibility index (Phi) is 6.15. The van der Waals surface area contributed by atoms with Crippen LogP contribution in [0.5, 0.6) is 0 Å². The van der Waals surface area contributed by atoms with Gasteiger partial charge in [-0.3, -0.25) is 9.36 Å². The number of nitrogens with zero attached hydrogens (tertiary/aromatic N) is 3. The molecule has 4 rings (SSSR count). The summed E-state index contributed by atoms with van der Waals surface area (Å²) in [7, 11) is 0. The van der Waals surface area contributed by atoms with Crippen molar-refractivity contribution in [1.82, 2.24) is 14.8 Å². The number of aromatic nitrogens is 3. The highest BCUT2D eigenvalue weighted by Crippen LogP contribution is 2.30. The van der Waals surface area contributed by atoms with E-state index < -0.39 is 5.82 Å². The molecule has 0 aliphatic carbocycles. The van der Waals surface area contributed by atoms with Crippen LogP contribution in [0, 0.1) is 5.82 Å². The van der Waals surface area contributed by atoms with E-state index >= 15 is 0 Å². The Bertz CT molecular complexity index is 1160. The van der Waals surface area contributed by atoms with Crippen LogP contribution in [-0.2, 0) is 11.3 Å². The molecule has 0 saturated heterocycles. The van der Waals surface area contributed by atoms with E-state index in [-0.39, 0.29) is 11.7 Å². The van der Waals surface area contributed by atoms with Crippen LogP contribution >= 0.6 is 23.4 Å². The van der Waals surface area contributed by atoms with Crippen molar-refractivity contribution in [1.29, 1.82) is 0 Å². The van der Waals surface area contributed by atoms with Gasteiger partial charge in [0, 0.05) is 11.3 Å². The highest BCUT2D eigenvalue weighted by molar-refractivity contribution is 7.99. The summed E-state index contributed by atoms with van der Waals surface area (Å²) >= 11 is 7.57. The number of amides is 1. The molecule has 0 radical (unpaired) electrons. The maximum atomic E-state index is 13.3. The first-order valence-electron chi connectivity index (χ1n) is 8.99. The number of hydrogen-bond acceptors (Lipinski definition) is 5. The molecule has 0 unspecified atom stereocenters. The molecule has 0 saturated carbocycles. The second kappa shape index (κ2) is 9.15. The first kappa shape index (κ1) is 20.2. The predicted octanol–water partition coefficient (Wildman–Crippen LogP) is 5.11. The fraction of sp³-hybridized carbons (Fsp3) is 0.0952. The summed E-state index contributed by atoms with van der Waals surface area (Å²) in [6, 6.07) is 16.7. The zero-order valence-corrected chi connectivity index (χ0v) is 17.2. The molecule has 2 heterocycles. The van der Waals surface area contributed by atoms with E-state index in [1.54, 1.807) is 24.5 Å². The van der Waals surface area contributed by atoms with Crippen LogP contribution in [0.2, 0.25) is 5.02 Å². The van der Waals surface area contributed by atoms with Crippen molar-refractivity contribution < 1.29 is 13.6 Å². The van der Waals surface area contributed by atoms with Gasteiger partial charge in [0.1, 0.15) is 11.6 Å². The van der Waals surface area contributed by atoms with E-state index in [9.17, 15) is 9.18 Å². The number of benzene rings is 2. The highest BCUT2D eigenvalue weighted by Gasteiger charge is 2.18. The van der Waals surface area contributed by atoms with Crippen molar-refractivity contribution >= 4 is 35.0 Å². The van der Waals surface area contributed by atoms with Crippen LogP contribution in [-0.4, -0.2) is 26.4 Å². The number of carbonyl (C=O) groups excluding carboxylic acids is 1. The van der Waals surface area contributed by atoms with Crippen LogP contribution in [0.15, 0.2) is 76.5 Å². The first-order valence-corrected chi connectivity index (χ1v) is 10.4. The van der Waals surface area contributed by atoms with E-state index in [2.05, 4.69) is 15.5 Å². The quantitative estimate of drug-likeness (QED) is 0.402. The summed E-state index contributed by atoms with van der Waals surface area (Å²) in [6.45, 7) is 0.383. The second-order valence-electron chi connectivity index (χ2n) is 6.30. The minimum Gasteiger partial charge on any atom is -0.467 e. The molecule has 30 heavy (non-hydrogen) atoms.